The quantitative estimate of drug-likeness (QED) is 0.874. The van der Waals surface area contributed by atoms with Crippen LogP contribution in [0.1, 0.15) is 34.9 Å². The van der Waals surface area contributed by atoms with Crippen LogP contribution < -0.4 is 10.1 Å². The highest BCUT2D eigenvalue weighted by Crippen LogP contribution is 2.38. The minimum absolute atomic E-state index is 0.263. The largest absolute Gasteiger partial charge is 0.481 e. The van der Waals surface area contributed by atoms with E-state index in [1.165, 1.54) is 16.2 Å². The van der Waals surface area contributed by atoms with Crippen molar-refractivity contribution in [3.05, 3.63) is 44.8 Å². The smallest absolute Gasteiger partial charge is 0.265 e. The number of thiophene rings is 1. The van der Waals surface area contributed by atoms with Crippen LogP contribution in [0, 0.1) is 18.3 Å². The van der Waals surface area contributed by atoms with Crippen LogP contribution >= 0.6 is 22.9 Å². The number of hydrogen-bond acceptors (Lipinski definition) is 4. The number of anilines is 1. The Kier molecular flexibility index (Phi) is 4.79. The van der Waals surface area contributed by atoms with Gasteiger partial charge < -0.3 is 10.1 Å². The van der Waals surface area contributed by atoms with Crippen molar-refractivity contribution in [1.29, 1.82) is 5.26 Å². The highest BCUT2D eigenvalue weighted by molar-refractivity contribution is 7.16. The first-order valence-corrected chi connectivity index (χ1v) is 8.97. The molecule has 0 radical (unpaired) electrons. The van der Waals surface area contributed by atoms with Crippen molar-refractivity contribution in [2.75, 3.05) is 5.32 Å². The zero-order valence-electron chi connectivity index (χ0n) is 13.5. The number of nitriles is 1. The number of amides is 1. The molecule has 1 heterocycles. The summed E-state index contributed by atoms with van der Waals surface area (Å²) in [6.45, 7) is 3.57. The molecule has 0 spiro atoms. The highest BCUT2D eigenvalue weighted by Gasteiger charge is 2.25. The third-order valence-corrected chi connectivity index (χ3v) is 5.52. The van der Waals surface area contributed by atoms with Gasteiger partial charge in [0.15, 0.2) is 6.10 Å². The van der Waals surface area contributed by atoms with Crippen LogP contribution in [-0.4, -0.2) is 12.0 Å². The van der Waals surface area contributed by atoms with Gasteiger partial charge in [0.2, 0.25) is 0 Å². The Balaban J connectivity index is 1.72. The van der Waals surface area contributed by atoms with Gasteiger partial charge in [-0.1, -0.05) is 11.6 Å². The van der Waals surface area contributed by atoms with Gasteiger partial charge in [-0.3, -0.25) is 4.79 Å². The molecule has 1 aromatic heterocycles. The first kappa shape index (κ1) is 16.8. The molecule has 3 rings (SSSR count). The number of rotatable bonds is 4. The van der Waals surface area contributed by atoms with Crippen LogP contribution in [-0.2, 0) is 17.6 Å². The maximum absolute atomic E-state index is 12.4. The van der Waals surface area contributed by atoms with Crippen molar-refractivity contribution >= 4 is 33.8 Å². The predicted molar refractivity (Wildman–Crippen MR) is 96.0 cm³/mol. The molecule has 6 heteroatoms. The Morgan fingerprint density at radius 3 is 2.96 bits per heavy atom. The molecular formula is C18H17ClN2O2S. The molecule has 0 fully saturated rings. The normalized spacial score (nSPS) is 13.9. The van der Waals surface area contributed by atoms with Gasteiger partial charge in [-0.25, -0.2) is 0 Å². The van der Waals surface area contributed by atoms with E-state index in [1.807, 2.05) is 6.92 Å². The first-order chi connectivity index (χ1) is 11.5. The van der Waals surface area contributed by atoms with Crippen LogP contribution in [0.2, 0.25) is 5.02 Å². The lowest BCUT2D eigenvalue weighted by Crippen LogP contribution is -2.30. The number of halogens is 1. The molecule has 0 aliphatic heterocycles. The Morgan fingerprint density at radius 2 is 2.25 bits per heavy atom. The number of hydrogen-bond donors (Lipinski definition) is 1. The molecule has 24 heavy (non-hydrogen) atoms. The summed E-state index contributed by atoms with van der Waals surface area (Å²) in [7, 11) is 0. The first-order valence-electron chi connectivity index (χ1n) is 7.78. The lowest BCUT2D eigenvalue weighted by Gasteiger charge is -2.16. The van der Waals surface area contributed by atoms with Gasteiger partial charge in [-0.2, -0.15) is 5.26 Å². The van der Waals surface area contributed by atoms with E-state index in [2.05, 4.69) is 11.4 Å². The van der Waals surface area contributed by atoms with Crippen LogP contribution in [0.4, 0.5) is 5.00 Å². The number of carbonyl (C=O) groups excluding carboxylic acids is 1. The summed E-state index contributed by atoms with van der Waals surface area (Å²) in [4.78, 5) is 13.6. The van der Waals surface area contributed by atoms with E-state index in [9.17, 15) is 10.1 Å². The topological polar surface area (TPSA) is 62.1 Å². The van der Waals surface area contributed by atoms with Crippen molar-refractivity contribution in [2.24, 2.45) is 0 Å². The Morgan fingerprint density at radius 1 is 1.46 bits per heavy atom. The second kappa shape index (κ2) is 6.84. The van der Waals surface area contributed by atoms with E-state index < -0.39 is 6.10 Å². The molecule has 0 bridgehead atoms. The summed E-state index contributed by atoms with van der Waals surface area (Å²) in [5.41, 5.74) is 2.57. The third kappa shape index (κ3) is 3.26. The molecule has 1 aromatic carbocycles. The summed E-state index contributed by atoms with van der Waals surface area (Å²) < 4.78 is 5.74. The van der Waals surface area contributed by atoms with Crippen molar-refractivity contribution in [3.63, 3.8) is 0 Å². The lowest BCUT2D eigenvalue weighted by molar-refractivity contribution is -0.122. The van der Waals surface area contributed by atoms with Gasteiger partial charge in [-0.15, -0.1) is 11.3 Å². The van der Waals surface area contributed by atoms with Gasteiger partial charge in [0, 0.05) is 9.90 Å². The molecule has 0 saturated heterocycles. The number of benzene rings is 1. The maximum atomic E-state index is 12.4. The Labute approximate surface area is 150 Å². The minimum atomic E-state index is -0.673. The van der Waals surface area contributed by atoms with Crippen molar-refractivity contribution in [2.45, 2.75) is 39.2 Å². The molecule has 1 aliphatic carbocycles. The third-order valence-electron chi connectivity index (χ3n) is 4.08. The fourth-order valence-electron chi connectivity index (χ4n) is 2.81. The molecule has 1 aliphatic rings. The zero-order valence-corrected chi connectivity index (χ0v) is 15.1. The molecule has 4 nitrogen and oxygen atoms in total. The summed E-state index contributed by atoms with van der Waals surface area (Å²) >= 11 is 7.43. The molecule has 1 atom stereocenters. The summed E-state index contributed by atoms with van der Waals surface area (Å²) in [6, 6.07) is 7.50. The lowest BCUT2D eigenvalue weighted by atomic mass is 10.1. The second-order valence-electron chi connectivity index (χ2n) is 5.83. The summed E-state index contributed by atoms with van der Waals surface area (Å²) in [6.07, 6.45) is 2.31. The summed E-state index contributed by atoms with van der Waals surface area (Å²) in [5.74, 6) is 0.358. The maximum Gasteiger partial charge on any atom is 0.265 e. The molecule has 2 aromatic rings. The minimum Gasteiger partial charge on any atom is -0.481 e. The van der Waals surface area contributed by atoms with Crippen LogP contribution in [0.5, 0.6) is 5.75 Å². The fourth-order valence-corrected chi connectivity index (χ4v) is 4.28. The monoisotopic (exact) mass is 360 g/mol. The van der Waals surface area contributed by atoms with E-state index in [0.717, 1.165) is 30.4 Å². The molecular weight excluding hydrogens is 344 g/mol. The Hall–Kier alpha value is -2.03. The second-order valence-corrected chi connectivity index (χ2v) is 7.37. The number of nitrogens with one attached hydrogen (secondary N) is 1. The number of nitrogens with zero attached hydrogens (tertiary/aromatic N) is 1. The van der Waals surface area contributed by atoms with E-state index >= 15 is 0 Å². The molecule has 124 valence electrons. The number of ether oxygens (including phenoxy) is 1. The average Bonchev–Trinajstić information content (AvgIpc) is 3.10. The molecule has 1 amide bonds. The van der Waals surface area contributed by atoms with Gasteiger partial charge in [0.25, 0.3) is 5.91 Å². The van der Waals surface area contributed by atoms with Crippen molar-refractivity contribution in [3.8, 4) is 11.8 Å². The number of carbonyl (C=O) groups is 1. The number of aryl methyl sites for hydroxylation is 2. The average molecular weight is 361 g/mol. The standard InChI is InChI=1S/C18H17ClN2O2S/c1-10-8-12(19)6-7-15(10)23-11(2)17(22)21-18-14(9-20)13-4-3-5-16(13)24-18/h6-8,11H,3-5H2,1-2H3,(H,21,22). The van der Waals surface area contributed by atoms with Gasteiger partial charge >= 0.3 is 0 Å². The highest BCUT2D eigenvalue weighted by atomic mass is 35.5. The SMILES string of the molecule is Cc1cc(Cl)ccc1OC(C)C(=O)Nc1sc2c(c1C#N)CCC2. The van der Waals surface area contributed by atoms with E-state index in [0.29, 0.717) is 21.3 Å². The van der Waals surface area contributed by atoms with Crippen molar-refractivity contribution in [1.82, 2.24) is 0 Å². The number of fused-ring (bicyclic) bond motifs is 1. The van der Waals surface area contributed by atoms with Crippen LogP contribution in [0.15, 0.2) is 18.2 Å². The Bertz CT molecular complexity index is 838. The van der Waals surface area contributed by atoms with E-state index in [1.54, 1.807) is 25.1 Å². The summed E-state index contributed by atoms with van der Waals surface area (Å²) in [5, 5.41) is 13.5. The zero-order chi connectivity index (χ0) is 17.3. The predicted octanol–water partition coefficient (Wildman–Crippen LogP) is 4.48. The van der Waals surface area contributed by atoms with Crippen molar-refractivity contribution < 1.29 is 9.53 Å². The van der Waals surface area contributed by atoms with E-state index in [4.69, 9.17) is 16.3 Å². The molecule has 1 N–H and O–H groups in total. The molecule has 1 unspecified atom stereocenters. The van der Waals surface area contributed by atoms with E-state index in [-0.39, 0.29) is 5.91 Å². The fraction of sp³-hybridized carbons (Fsp3) is 0.333. The molecule has 0 saturated carbocycles. The van der Waals surface area contributed by atoms with Gasteiger partial charge in [0.05, 0.1) is 5.56 Å². The van der Waals surface area contributed by atoms with Crippen LogP contribution in [0.25, 0.3) is 0 Å². The van der Waals surface area contributed by atoms with Crippen LogP contribution in [0.3, 0.4) is 0 Å². The van der Waals surface area contributed by atoms with Gasteiger partial charge in [0.1, 0.15) is 16.8 Å². The van der Waals surface area contributed by atoms with Gasteiger partial charge in [-0.05, 0) is 62.4 Å².